The average molecular weight is 256 g/mol. The Balaban J connectivity index is 2.54. The summed E-state index contributed by atoms with van der Waals surface area (Å²) in [5, 5.41) is 23.7. The highest BCUT2D eigenvalue weighted by Gasteiger charge is 2.15. The van der Waals surface area contributed by atoms with Crippen LogP contribution in [0.3, 0.4) is 0 Å². The second kappa shape index (κ2) is 4.86. The lowest BCUT2D eigenvalue weighted by atomic mass is 10.1. The number of nitriles is 1. The molecule has 0 aliphatic rings. The minimum atomic E-state index is -0.297. The monoisotopic (exact) mass is 256 g/mol. The van der Waals surface area contributed by atoms with Gasteiger partial charge in [0.05, 0.1) is 5.69 Å². The summed E-state index contributed by atoms with van der Waals surface area (Å²) < 4.78 is 1.38. The molecular weight excluding hydrogens is 244 g/mol. The molecule has 1 amide bonds. The van der Waals surface area contributed by atoms with E-state index < -0.39 is 0 Å². The Morgan fingerprint density at radius 1 is 1.42 bits per heavy atom. The lowest BCUT2D eigenvalue weighted by Gasteiger charge is -2.06. The summed E-state index contributed by atoms with van der Waals surface area (Å²) in [5.74, 6) is 0.0230. The first kappa shape index (κ1) is 12.7. The summed E-state index contributed by atoms with van der Waals surface area (Å²) in [6.07, 6.45) is 1.57. The van der Waals surface area contributed by atoms with Crippen molar-refractivity contribution in [3.05, 3.63) is 34.8 Å². The summed E-state index contributed by atoms with van der Waals surface area (Å²) in [6.45, 7) is 3.58. The van der Waals surface area contributed by atoms with E-state index in [1.165, 1.54) is 11.7 Å². The molecule has 0 saturated heterocycles. The van der Waals surface area contributed by atoms with Crippen LogP contribution >= 0.6 is 0 Å². The highest BCUT2D eigenvalue weighted by atomic mass is 16.1. The predicted molar refractivity (Wildman–Crippen MR) is 66.7 cm³/mol. The van der Waals surface area contributed by atoms with Crippen molar-refractivity contribution < 1.29 is 4.79 Å². The maximum Gasteiger partial charge on any atom is 0.271 e. The van der Waals surface area contributed by atoms with E-state index in [-0.39, 0.29) is 11.6 Å². The molecule has 0 aliphatic carbocycles. The highest BCUT2D eigenvalue weighted by Crippen LogP contribution is 2.16. The van der Waals surface area contributed by atoms with Gasteiger partial charge in [-0.15, -0.1) is 5.10 Å². The van der Waals surface area contributed by atoms with Gasteiger partial charge >= 0.3 is 0 Å². The zero-order valence-corrected chi connectivity index (χ0v) is 10.8. The average Bonchev–Trinajstić information content (AvgIpc) is 2.90. The lowest BCUT2D eigenvalue weighted by Crippen LogP contribution is -2.18. The van der Waals surface area contributed by atoms with Crippen LogP contribution in [-0.2, 0) is 0 Å². The van der Waals surface area contributed by atoms with Gasteiger partial charge in [0.15, 0.2) is 11.5 Å². The number of carbonyl (C=O) groups is 1. The fourth-order valence-corrected chi connectivity index (χ4v) is 1.58. The molecule has 96 valence electrons. The molecular formula is C12H12N6O. The standard InChI is InChI=1S/C12H12N6O/c1-7-8(2)15-16-11(9(7)6-13)18-5-4-10(17-18)12(19)14-3/h4-5H,1-3H3,(H,14,19). The van der Waals surface area contributed by atoms with Gasteiger partial charge in [-0.25, -0.2) is 4.68 Å². The number of rotatable bonds is 2. The molecule has 2 aromatic rings. The number of nitrogens with one attached hydrogen (secondary N) is 1. The molecule has 0 aromatic carbocycles. The minimum absolute atomic E-state index is 0.256. The summed E-state index contributed by atoms with van der Waals surface area (Å²) in [6, 6.07) is 3.64. The smallest absolute Gasteiger partial charge is 0.271 e. The summed E-state index contributed by atoms with van der Waals surface area (Å²) in [4.78, 5) is 11.4. The van der Waals surface area contributed by atoms with Crippen molar-refractivity contribution in [3.63, 3.8) is 0 Å². The summed E-state index contributed by atoms with van der Waals surface area (Å²) >= 11 is 0. The van der Waals surface area contributed by atoms with E-state index in [4.69, 9.17) is 0 Å². The number of hydrogen-bond donors (Lipinski definition) is 1. The zero-order chi connectivity index (χ0) is 14.0. The number of aryl methyl sites for hydroxylation is 1. The third-order valence-corrected chi connectivity index (χ3v) is 2.81. The molecule has 0 aliphatic heterocycles. The van der Waals surface area contributed by atoms with Crippen LogP contribution in [0.4, 0.5) is 0 Å². The second-order valence-electron chi connectivity index (χ2n) is 3.95. The van der Waals surface area contributed by atoms with Gasteiger partial charge in [0.25, 0.3) is 5.91 Å². The van der Waals surface area contributed by atoms with Crippen LogP contribution in [0.25, 0.3) is 5.82 Å². The van der Waals surface area contributed by atoms with Crippen LogP contribution in [0.15, 0.2) is 12.3 Å². The topological polar surface area (TPSA) is 96.5 Å². The normalized spacial score (nSPS) is 10.0. The molecule has 19 heavy (non-hydrogen) atoms. The van der Waals surface area contributed by atoms with E-state index in [2.05, 4.69) is 26.7 Å². The fourth-order valence-electron chi connectivity index (χ4n) is 1.58. The lowest BCUT2D eigenvalue weighted by molar-refractivity contribution is 0.0957. The number of aromatic nitrogens is 4. The molecule has 0 radical (unpaired) electrons. The molecule has 2 aromatic heterocycles. The van der Waals surface area contributed by atoms with E-state index in [0.717, 1.165) is 5.56 Å². The van der Waals surface area contributed by atoms with Gasteiger partial charge in [-0.3, -0.25) is 4.79 Å². The van der Waals surface area contributed by atoms with Gasteiger partial charge < -0.3 is 5.32 Å². The summed E-state index contributed by atoms with van der Waals surface area (Å²) in [5.41, 5.74) is 2.11. The number of nitrogens with zero attached hydrogens (tertiary/aromatic N) is 5. The maximum atomic E-state index is 11.4. The third kappa shape index (κ3) is 2.15. The van der Waals surface area contributed by atoms with Crippen LogP contribution in [-0.4, -0.2) is 32.9 Å². The largest absolute Gasteiger partial charge is 0.354 e. The van der Waals surface area contributed by atoms with Crippen LogP contribution < -0.4 is 5.32 Å². The van der Waals surface area contributed by atoms with Crippen molar-refractivity contribution in [1.29, 1.82) is 5.26 Å². The van der Waals surface area contributed by atoms with Crippen molar-refractivity contribution >= 4 is 5.91 Å². The molecule has 7 nitrogen and oxygen atoms in total. The van der Waals surface area contributed by atoms with Crippen molar-refractivity contribution in [2.45, 2.75) is 13.8 Å². The van der Waals surface area contributed by atoms with Crippen LogP contribution in [0.1, 0.15) is 27.3 Å². The Morgan fingerprint density at radius 3 is 2.79 bits per heavy atom. The van der Waals surface area contributed by atoms with E-state index in [0.29, 0.717) is 17.1 Å². The summed E-state index contributed by atoms with van der Waals surface area (Å²) in [7, 11) is 1.53. The van der Waals surface area contributed by atoms with Crippen LogP contribution in [0, 0.1) is 25.2 Å². The number of amides is 1. The van der Waals surface area contributed by atoms with Crippen LogP contribution in [0.2, 0.25) is 0 Å². The maximum absolute atomic E-state index is 11.4. The molecule has 2 rings (SSSR count). The van der Waals surface area contributed by atoms with E-state index in [1.54, 1.807) is 26.1 Å². The van der Waals surface area contributed by atoms with Crippen molar-refractivity contribution in [1.82, 2.24) is 25.3 Å². The van der Waals surface area contributed by atoms with E-state index in [9.17, 15) is 10.1 Å². The second-order valence-corrected chi connectivity index (χ2v) is 3.95. The fraction of sp³-hybridized carbons (Fsp3) is 0.250. The van der Waals surface area contributed by atoms with Crippen molar-refractivity contribution in [2.75, 3.05) is 7.05 Å². The third-order valence-electron chi connectivity index (χ3n) is 2.81. The first-order valence-electron chi connectivity index (χ1n) is 5.60. The van der Waals surface area contributed by atoms with E-state index >= 15 is 0 Å². The number of carbonyl (C=O) groups excluding carboxylic acids is 1. The Hall–Kier alpha value is -2.75. The SMILES string of the molecule is CNC(=O)c1ccn(-c2nnc(C)c(C)c2C#N)n1. The van der Waals surface area contributed by atoms with Gasteiger partial charge in [0, 0.05) is 13.2 Å². The van der Waals surface area contributed by atoms with Gasteiger partial charge in [-0.05, 0) is 25.5 Å². The molecule has 0 atom stereocenters. The van der Waals surface area contributed by atoms with Gasteiger partial charge in [0.1, 0.15) is 11.6 Å². The quantitative estimate of drug-likeness (QED) is 0.844. The molecule has 0 saturated carbocycles. The van der Waals surface area contributed by atoms with Crippen molar-refractivity contribution in [3.8, 4) is 11.9 Å². The highest BCUT2D eigenvalue weighted by molar-refractivity contribution is 5.91. The zero-order valence-electron chi connectivity index (χ0n) is 10.8. The van der Waals surface area contributed by atoms with E-state index in [1.807, 2.05) is 0 Å². The first-order valence-corrected chi connectivity index (χ1v) is 5.60. The Labute approximate surface area is 109 Å². The van der Waals surface area contributed by atoms with Gasteiger partial charge in [-0.1, -0.05) is 0 Å². The molecule has 0 unspecified atom stereocenters. The van der Waals surface area contributed by atoms with Crippen molar-refractivity contribution in [2.24, 2.45) is 0 Å². The van der Waals surface area contributed by atoms with Crippen LogP contribution in [0.5, 0.6) is 0 Å². The molecule has 7 heteroatoms. The van der Waals surface area contributed by atoms with Gasteiger partial charge in [0.2, 0.25) is 0 Å². The minimum Gasteiger partial charge on any atom is -0.354 e. The molecule has 2 heterocycles. The Bertz CT molecular complexity index is 682. The number of hydrogen-bond acceptors (Lipinski definition) is 5. The molecule has 0 fully saturated rings. The molecule has 0 spiro atoms. The molecule has 1 N–H and O–H groups in total. The predicted octanol–water partition coefficient (Wildman–Crippen LogP) is 0.510. The molecule has 0 bridgehead atoms. The van der Waals surface area contributed by atoms with Gasteiger partial charge in [-0.2, -0.15) is 15.5 Å². The first-order chi connectivity index (χ1) is 9.08. The Kier molecular flexibility index (Phi) is 3.25. The Morgan fingerprint density at radius 2 is 2.16 bits per heavy atom.